The number of carbonyl (C=O) groups excluding carboxylic acids is 1. The molecule has 0 saturated carbocycles. The minimum absolute atomic E-state index is 0.112. The molecule has 0 spiro atoms. The summed E-state index contributed by atoms with van der Waals surface area (Å²) in [5, 5.41) is 8.45. The fraction of sp³-hybridized carbons (Fsp3) is 0.133. The van der Waals surface area contributed by atoms with Crippen molar-refractivity contribution >= 4 is 5.78 Å². The number of nitrogens with zero attached hydrogens (tertiary/aromatic N) is 4. The standard InChI is InChI=1S/C15H14N4O/c1-2-18-14(8-10-16-18)15(20)13-9-11-19(17-13)12-6-4-3-5-7-12/h3-11H,2H2,1H3. The Morgan fingerprint density at radius 1 is 1.15 bits per heavy atom. The average Bonchev–Trinajstić information content (AvgIpc) is 3.16. The van der Waals surface area contributed by atoms with Gasteiger partial charge < -0.3 is 0 Å². The number of carbonyl (C=O) groups is 1. The first-order valence-corrected chi connectivity index (χ1v) is 6.47. The van der Waals surface area contributed by atoms with Gasteiger partial charge in [-0.3, -0.25) is 9.48 Å². The van der Waals surface area contributed by atoms with Crippen LogP contribution in [-0.4, -0.2) is 25.3 Å². The van der Waals surface area contributed by atoms with E-state index in [9.17, 15) is 4.79 Å². The van der Waals surface area contributed by atoms with Gasteiger partial charge >= 0.3 is 0 Å². The molecule has 3 aromatic rings. The summed E-state index contributed by atoms with van der Waals surface area (Å²) in [6, 6.07) is 13.1. The molecule has 0 aliphatic rings. The van der Waals surface area contributed by atoms with Gasteiger partial charge in [-0.2, -0.15) is 10.2 Å². The molecule has 0 amide bonds. The SMILES string of the molecule is CCn1nccc1C(=O)c1ccn(-c2ccccc2)n1. The first-order chi connectivity index (χ1) is 9.79. The van der Waals surface area contributed by atoms with Gasteiger partial charge in [0.05, 0.1) is 5.69 Å². The van der Waals surface area contributed by atoms with Crippen molar-refractivity contribution in [3.8, 4) is 5.69 Å². The summed E-state index contributed by atoms with van der Waals surface area (Å²) in [7, 11) is 0. The van der Waals surface area contributed by atoms with Gasteiger partial charge in [0, 0.05) is 18.9 Å². The smallest absolute Gasteiger partial charge is 0.231 e. The summed E-state index contributed by atoms with van der Waals surface area (Å²) < 4.78 is 3.36. The van der Waals surface area contributed by atoms with E-state index in [2.05, 4.69) is 10.2 Å². The Kier molecular flexibility index (Phi) is 3.16. The molecule has 2 aromatic heterocycles. The van der Waals surface area contributed by atoms with Crippen LogP contribution in [0.15, 0.2) is 54.9 Å². The molecule has 100 valence electrons. The molecule has 1 aromatic carbocycles. The lowest BCUT2D eigenvalue weighted by Crippen LogP contribution is -2.11. The summed E-state index contributed by atoms with van der Waals surface area (Å²) in [6.45, 7) is 2.61. The van der Waals surface area contributed by atoms with Crippen molar-refractivity contribution in [2.45, 2.75) is 13.5 Å². The number of rotatable bonds is 4. The van der Waals surface area contributed by atoms with E-state index in [0.717, 1.165) is 5.69 Å². The molecule has 0 radical (unpaired) electrons. The zero-order valence-electron chi connectivity index (χ0n) is 11.1. The molecule has 0 unspecified atom stereocenters. The number of para-hydroxylation sites is 1. The van der Waals surface area contributed by atoms with Crippen molar-refractivity contribution in [3.05, 3.63) is 66.2 Å². The van der Waals surface area contributed by atoms with Crippen LogP contribution in [0.5, 0.6) is 0 Å². The van der Waals surface area contributed by atoms with E-state index >= 15 is 0 Å². The third-order valence-corrected chi connectivity index (χ3v) is 3.09. The number of ketones is 1. The number of aryl methyl sites for hydroxylation is 1. The van der Waals surface area contributed by atoms with Crippen LogP contribution in [0, 0.1) is 0 Å². The van der Waals surface area contributed by atoms with E-state index in [0.29, 0.717) is 17.9 Å². The van der Waals surface area contributed by atoms with E-state index < -0.39 is 0 Å². The molecule has 5 heteroatoms. The molecule has 2 heterocycles. The number of benzene rings is 1. The maximum atomic E-state index is 12.4. The predicted octanol–water partition coefficient (Wildman–Crippen LogP) is 2.32. The molecule has 3 rings (SSSR count). The Balaban J connectivity index is 1.93. The van der Waals surface area contributed by atoms with Gasteiger partial charge in [0.15, 0.2) is 0 Å². The van der Waals surface area contributed by atoms with Gasteiger partial charge in [0.2, 0.25) is 5.78 Å². The lowest BCUT2D eigenvalue weighted by Gasteiger charge is -2.02. The lowest BCUT2D eigenvalue weighted by molar-refractivity contribution is 0.102. The van der Waals surface area contributed by atoms with Gasteiger partial charge in [-0.05, 0) is 31.2 Å². The second-order valence-electron chi connectivity index (χ2n) is 4.34. The second kappa shape index (κ2) is 5.13. The monoisotopic (exact) mass is 266 g/mol. The van der Waals surface area contributed by atoms with Crippen molar-refractivity contribution in [2.24, 2.45) is 0 Å². The normalized spacial score (nSPS) is 10.7. The van der Waals surface area contributed by atoms with Gasteiger partial charge in [0.25, 0.3) is 0 Å². The lowest BCUT2D eigenvalue weighted by atomic mass is 10.2. The average molecular weight is 266 g/mol. The highest BCUT2D eigenvalue weighted by atomic mass is 16.1. The van der Waals surface area contributed by atoms with E-state index in [-0.39, 0.29) is 5.78 Å². The summed E-state index contributed by atoms with van der Waals surface area (Å²) in [6.07, 6.45) is 3.42. The largest absolute Gasteiger partial charge is 0.285 e. The van der Waals surface area contributed by atoms with Crippen molar-refractivity contribution in [2.75, 3.05) is 0 Å². The maximum Gasteiger partial charge on any atom is 0.231 e. The van der Waals surface area contributed by atoms with Crippen LogP contribution < -0.4 is 0 Å². The molecule has 0 aliphatic carbocycles. The number of hydrogen-bond acceptors (Lipinski definition) is 3. The minimum atomic E-state index is -0.112. The van der Waals surface area contributed by atoms with E-state index in [4.69, 9.17) is 0 Å². The molecule has 0 fully saturated rings. The fourth-order valence-corrected chi connectivity index (χ4v) is 2.08. The van der Waals surface area contributed by atoms with Crippen LogP contribution in [-0.2, 0) is 6.54 Å². The maximum absolute atomic E-state index is 12.4. The highest BCUT2D eigenvalue weighted by Gasteiger charge is 2.16. The van der Waals surface area contributed by atoms with Crippen molar-refractivity contribution < 1.29 is 4.79 Å². The van der Waals surface area contributed by atoms with Crippen molar-refractivity contribution in [1.82, 2.24) is 19.6 Å². The minimum Gasteiger partial charge on any atom is -0.285 e. The molecule has 0 aliphatic heterocycles. The molecule has 0 bridgehead atoms. The highest BCUT2D eigenvalue weighted by molar-refractivity contribution is 6.06. The molecular formula is C15H14N4O. The second-order valence-corrected chi connectivity index (χ2v) is 4.34. The Morgan fingerprint density at radius 3 is 2.70 bits per heavy atom. The Labute approximate surface area is 116 Å². The summed E-state index contributed by atoms with van der Waals surface area (Å²) >= 11 is 0. The summed E-state index contributed by atoms with van der Waals surface area (Å²) in [4.78, 5) is 12.4. The van der Waals surface area contributed by atoms with E-state index in [1.54, 1.807) is 33.9 Å². The van der Waals surface area contributed by atoms with E-state index in [1.165, 1.54) is 0 Å². The van der Waals surface area contributed by atoms with Gasteiger partial charge in [-0.15, -0.1) is 0 Å². The first kappa shape index (κ1) is 12.3. The third kappa shape index (κ3) is 2.14. The molecule has 0 saturated heterocycles. The zero-order valence-corrected chi connectivity index (χ0v) is 11.1. The Hall–Kier alpha value is -2.69. The summed E-state index contributed by atoms with van der Waals surface area (Å²) in [5.74, 6) is -0.112. The van der Waals surface area contributed by atoms with Crippen molar-refractivity contribution in [3.63, 3.8) is 0 Å². The Bertz CT molecular complexity index is 727. The molecule has 20 heavy (non-hydrogen) atoms. The first-order valence-electron chi connectivity index (χ1n) is 6.47. The van der Waals surface area contributed by atoms with Gasteiger partial charge in [-0.1, -0.05) is 18.2 Å². The van der Waals surface area contributed by atoms with Gasteiger partial charge in [-0.25, -0.2) is 4.68 Å². The van der Waals surface area contributed by atoms with Crippen LogP contribution >= 0.6 is 0 Å². The number of aromatic nitrogens is 4. The molecular weight excluding hydrogens is 252 g/mol. The highest BCUT2D eigenvalue weighted by Crippen LogP contribution is 2.11. The van der Waals surface area contributed by atoms with Crippen LogP contribution in [0.4, 0.5) is 0 Å². The predicted molar refractivity (Wildman–Crippen MR) is 74.9 cm³/mol. The zero-order chi connectivity index (χ0) is 13.9. The van der Waals surface area contributed by atoms with E-state index in [1.807, 2.05) is 37.3 Å². The van der Waals surface area contributed by atoms with Crippen LogP contribution in [0.2, 0.25) is 0 Å². The number of hydrogen-bond donors (Lipinski definition) is 0. The van der Waals surface area contributed by atoms with Crippen LogP contribution in [0.25, 0.3) is 5.69 Å². The molecule has 0 N–H and O–H groups in total. The topological polar surface area (TPSA) is 52.7 Å². The van der Waals surface area contributed by atoms with Gasteiger partial charge in [0.1, 0.15) is 11.4 Å². The van der Waals surface area contributed by atoms with Crippen molar-refractivity contribution in [1.29, 1.82) is 0 Å². The summed E-state index contributed by atoms with van der Waals surface area (Å²) in [5.41, 5.74) is 1.91. The van der Waals surface area contributed by atoms with Crippen LogP contribution in [0.1, 0.15) is 23.1 Å². The Morgan fingerprint density at radius 2 is 1.95 bits per heavy atom. The molecule has 0 atom stereocenters. The van der Waals surface area contributed by atoms with Crippen LogP contribution in [0.3, 0.4) is 0 Å². The fourth-order valence-electron chi connectivity index (χ4n) is 2.08. The third-order valence-electron chi connectivity index (χ3n) is 3.09. The molecule has 5 nitrogen and oxygen atoms in total. The quantitative estimate of drug-likeness (QED) is 0.681.